The van der Waals surface area contributed by atoms with E-state index in [9.17, 15) is 4.79 Å². The molecule has 0 aliphatic heterocycles. The highest BCUT2D eigenvalue weighted by atomic mass is 35.5. The molecule has 1 N–H and O–H groups in total. The van der Waals surface area contributed by atoms with Crippen molar-refractivity contribution in [1.82, 2.24) is 10.2 Å². The highest BCUT2D eigenvalue weighted by molar-refractivity contribution is 6.36. The first-order chi connectivity index (χ1) is 11.5. The quantitative estimate of drug-likeness (QED) is 0.809. The second-order valence-corrected chi connectivity index (χ2v) is 6.80. The molecule has 0 saturated heterocycles. The van der Waals surface area contributed by atoms with Crippen LogP contribution >= 0.6 is 23.2 Å². The summed E-state index contributed by atoms with van der Waals surface area (Å²) in [7, 11) is 4.04. The number of nitrogens with zero attached hydrogens (tertiary/aromatic N) is 1. The van der Waals surface area contributed by atoms with Gasteiger partial charge in [-0.2, -0.15) is 0 Å². The number of halogens is 2. The number of carbonyl (C=O) groups excluding carboxylic acids is 1. The normalized spacial score (nSPS) is 12.2. The van der Waals surface area contributed by atoms with Gasteiger partial charge in [0.1, 0.15) is 0 Å². The minimum absolute atomic E-state index is 0.0788. The topological polar surface area (TPSA) is 32.3 Å². The fourth-order valence-corrected chi connectivity index (χ4v) is 3.01. The summed E-state index contributed by atoms with van der Waals surface area (Å²) >= 11 is 12.2. The van der Waals surface area contributed by atoms with Crippen LogP contribution in [0.3, 0.4) is 0 Å². The molecule has 0 radical (unpaired) electrons. The van der Waals surface area contributed by atoms with Crippen LogP contribution in [0, 0.1) is 0 Å². The molecule has 0 unspecified atom stereocenters. The number of rotatable bonds is 7. The molecule has 2 rings (SSSR count). The second kappa shape index (κ2) is 9.07. The lowest BCUT2D eigenvalue weighted by Crippen LogP contribution is -2.42. The molecule has 0 fully saturated rings. The van der Waals surface area contributed by atoms with Gasteiger partial charge in [-0.3, -0.25) is 4.79 Å². The standard InChI is InChI=1S/C19H22Cl2N2O/c1-23(2)15(11-14-7-4-3-5-8-14)13-22-19(24)12-16-17(20)9-6-10-18(16)21/h3-10,15H,11-13H2,1-2H3,(H,22,24)/t15-/m1/s1. The van der Waals surface area contributed by atoms with Crippen molar-refractivity contribution in [3.63, 3.8) is 0 Å². The van der Waals surface area contributed by atoms with E-state index in [0.717, 1.165) is 6.42 Å². The maximum Gasteiger partial charge on any atom is 0.224 e. The smallest absolute Gasteiger partial charge is 0.224 e. The van der Waals surface area contributed by atoms with E-state index in [4.69, 9.17) is 23.2 Å². The van der Waals surface area contributed by atoms with Gasteiger partial charge >= 0.3 is 0 Å². The minimum atomic E-state index is -0.0788. The van der Waals surface area contributed by atoms with Crippen LogP contribution < -0.4 is 5.32 Å². The van der Waals surface area contributed by atoms with E-state index in [1.54, 1.807) is 18.2 Å². The Kier molecular flexibility index (Phi) is 7.10. The maximum atomic E-state index is 12.2. The van der Waals surface area contributed by atoms with Crippen LogP contribution in [0.5, 0.6) is 0 Å². The first-order valence-electron chi connectivity index (χ1n) is 7.87. The molecular formula is C19H22Cl2N2O. The zero-order valence-electron chi connectivity index (χ0n) is 13.9. The van der Waals surface area contributed by atoms with Gasteiger partial charge in [-0.1, -0.05) is 59.6 Å². The lowest BCUT2D eigenvalue weighted by molar-refractivity contribution is -0.120. The van der Waals surface area contributed by atoms with E-state index in [-0.39, 0.29) is 18.4 Å². The summed E-state index contributed by atoms with van der Waals surface area (Å²) in [5.74, 6) is -0.0788. The van der Waals surface area contributed by atoms with Crippen LogP contribution in [-0.4, -0.2) is 37.5 Å². The molecular weight excluding hydrogens is 343 g/mol. The molecule has 0 aromatic heterocycles. The lowest BCUT2D eigenvalue weighted by atomic mass is 10.0. The van der Waals surface area contributed by atoms with Gasteiger partial charge in [0.05, 0.1) is 6.42 Å². The molecule has 5 heteroatoms. The first-order valence-corrected chi connectivity index (χ1v) is 8.63. The molecule has 3 nitrogen and oxygen atoms in total. The Balaban J connectivity index is 1.93. The number of carbonyl (C=O) groups is 1. The van der Waals surface area contributed by atoms with Crippen LogP contribution in [0.15, 0.2) is 48.5 Å². The second-order valence-electron chi connectivity index (χ2n) is 5.99. The SMILES string of the molecule is CN(C)[C@@H](CNC(=O)Cc1c(Cl)cccc1Cl)Cc1ccccc1. The third-order valence-corrected chi connectivity index (χ3v) is 4.69. The predicted octanol–water partition coefficient (Wildman–Crippen LogP) is 3.83. The molecule has 0 aliphatic carbocycles. The van der Waals surface area contributed by atoms with Crippen LogP contribution in [0.25, 0.3) is 0 Å². The fraction of sp³-hybridized carbons (Fsp3) is 0.316. The molecule has 0 bridgehead atoms. The average molecular weight is 365 g/mol. The van der Waals surface area contributed by atoms with Crippen molar-refractivity contribution in [2.75, 3.05) is 20.6 Å². The largest absolute Gasteiger partial charge is 0.354 e. The molecule has 2 aromatic carbocycles. The third kappa shape index (κ3) is 5.52. The van der Waals surface area contributed by atoms with Gasteiger partial charge in [0.2, 0.25) is 5.91 Å². The Morgan fingerprint density at radius 3 is 2.25 bits per heavy atom. The van der Waals surface area contributed by atoms with Gasteiger partial charge in [-0.15, -0.1) is 0 Å². The van der Waals surface area contributed by atoms with Crippen molar-refractivity contribution in [3.8, 4) is 0 Å². The summed E-state index contributed by atoms with van der Waals surface area (Å²) in [6.07, 6.45) is 1.06. The summed E-state index contributed by atoms with van der Waals surface area (Å²) in [6, 6.07) is 15.7. The van der Waals surface area contributed by atoms with Crippen molar-refractivity contribution in [3.05, 3.63) is 69.7 Å². The van der Waals surface area contributed by atoms with Crippen molar-refractivity contribution < 1.29 is 4.79 Å². The molecule has 0 heterocycles. The Bertz CT molecular complexity index is 654. The molecule has 0 saturated carbocycles. The van der Waals surface area contributed by atoms with Crippen LogP contribution in [0.1, 0.15) is 11.1 Å². The van der Waals surface area contributed by atoms with Crippen LogP contribution in [0.4, 0.5) is 0 Å². The van der Waals surface area contributed by atoms with Crippen LogP contribution in [0.2, 0.25) is 10.0 Å². The highest BCUT2D eigenvalue weighted by Gasteiger charge is 2.15. The molecule has 0 aliphatic rings. The van der Waals surface area contributed by atoms with Crippen molar-refractivity contribution in [2.24, 2.45) is 0 Å². The Labute approximate surface area is 153 Å². The molecule has 24 heavy (non-hydrogen) atoms. The number of amides is 1. The van der Waals surface area contributed by atoms with Gasteiger partial charge in [0, 0.05) is 22.6 Å². The predicted molar refractivity (Wildman–Crippen MR) is 101 cm³/mol. The number of likely N-dealkylation sites (N-methyl/N-ethyl adjacent to an activating group) is 1. The summed E-state index contributed by atoms with van der Waals surface area (Å²) in [6.45, 7) is 0.572. The number of hydrogen-bond donors (Lipinski definition) is 1. The summed E-state index contributed by atoms with van der Waals surface area (Å²) < 4.78 is 0. The van der Waals surface area contributed by atoms with E-state index >= 15 is 0 Å². The van der Waals surface area contributed by atoms with E-state index in [1.165, 1.54) is 5.56 Å². The molecule has 1 amide bonds. The molecule has 0 spiro atoms. The summed E-state index contributed by atoms with van der Waals surface area (Å²) in [5, 5.41) is 4.03. The minimum Gasteiger partial charge on any atom is -0.354 e. The van der Waals surface area contributed by atoms with E-state index in [1.807, 2.05) is 32.3 Å². The molecule has 128 valence electrons. The third-order valence-electron chi connectivity index (χ3n) is 3.98. The van der Waals surface area contributed by atoms with E-state index < -0.39 is 0 Å². The van der Waals surface area contributed by atoms with Crippen molar-refractivity contribution in [2.45, 2.75) is 18.9 Å². The Hall–Kier alpha value is -1.55. The summed E-state index contributed by atoms with van der Waals surface area (Å²) in [5.41, 5.74) is 1.92. The first kappa shape index (κ1) is 18.8. The average Bonchev–Trinajstić information content (AvgIpc) is 2.55. The zero-order chi connectivity index (χ0) is 17.5. The number of nitrogens with one attached hydrogen (secondary N) is 1. The lowest BCUT2D eigenvalue weighted by Gasteiger charge is -2.25. The van der Waals surface area contributed by atoms with E-state index in [0.29, 0.717) is 22.2 Å². The zero-order valence-corrected chi connectivity index (χ0v) is 15.4. The Morgan fingerprint density at radius 2 is 1.67 bits per heavy atom. The Morgan fingerprint density at radius 1 is 1.04 bits per heavy atom. The van der Waals surface area contributed by atoms with Gasteiger partial charge < -0.3 is 10.2 Å². The van der Waals surface area contributed by atoms with E-state index in [2.05, 4.69) is 22.3 Å². The monoisotopic (exact) mass is 364 g/mol. The number of benzene rings is 2. The fourth-order valence-electron chi connectivity index (χ4n) is 2.48. The van der Waals surface area contributed by atoms with Crippen molar-refractivity contribution in [1.29, 1.82) is 0 Å². The number of hydrogen-bond acceptors (Lipinski definition) is 2. The summed E-state index contributed by atoms with van der Waals surface area (Å²) in [4.78, 5) is 14.4. The van der Waals surface area contributed by atoms with Crippen molar-refractivity contribution >= 4 is 29.1 Å². The highest BCUT2D eigenvalue weighted by Crippen LogP contribution is 2.24. The molecule has 1 atom stereocenters. The molecule has 2 aromatic rings. The van der Waals surface area contributed by atoms with Gasteiger partial charge in [-0.25, -0.2) is 0 Å². The van der Waals surface area contributed by atoms with Gasteiger partial charge in [-0.05, 0) is 43.8 Å². The van der Waals surface area contributed by atoms with Crippen LogP contribution in [-0.2, 0) is 17.6 Å². The van der Waals surface area contributed by atoms with Gasteiger partial charge in [0.25, 0.3) is 0 Å². The maximum absolute atomic E-state index is 12.2. The van der Waals surface area contributed by atoms with Gasteiger partial charge in [0.15, 0.2) is 0 Å².